The lowest BCUT2D eigenvalue weighted by Crippen LogP contribution is -2.41. The third-order valence-corrected chi connectivity index (χ3v) is 6.36. The largest absolute Gasteiger partial charge is 0.497 e. The molecular formula is C23H32N4O3. The number of fused-ring (bicyclic) bond motifs is 1. The van der Waals surface area contributed by atoms with Gasteiger partial charge in [-0.15, -0.1) is 0 Å². The molecule has 0 aliphatic carbocycles. The number of nitrogens with zero attached hydrogens (tertiary/aromatic N) is 4. The predicted molar refractivity (Wildman–Crippen MR) is 114 cm³/mol. The third-order valence-electron chi connectivity index (χ3n) is 6.36. The van der Waals surface area contributed by atoms with E-state index in [0.717, 1.165) is 43.4 Å². The van der Waals surface area contributed by atoms with Crippen LogP contribution < -0.4 is 4.74 Å². The van der Waals surface area contributed by atoms with Crippen molar-refractivity contribution in [1.82, 2.24) is 19.9 Å². The summed E-state index contributed by atoms with van der Waals surface area (Å²) in [5, 5.41) is 4.26. The van der Waals surface area contributed by atoms with E-state index in [-0.39, 0.29) is 12.1 Å². The van der Waals surface area contributed by atoms with Crippen molar-refractivity contribution >= 4 is 6.03 Å². The third kappa shape index (κ3) is 3.90. The maximum absolute atomic E-state index is 12.9. The molecule has 3 heterocycles. The van der Waals surface area contributed by atoms with Gasteiger partial charge in [0.1, 0.15) is 11.5 Å². The Labute approximate surface area is 178 Å². The van der Waals surface area contributed by atoms with Crippen molar-refractivity contribution in [2.24, 2.45) is 11.8 Å². The van der Waals surface area contributed by atoms with Gasteiger partial charge in [-0.1, -0.05) is 31.1 Å². The van der Waals surface area contributed by atoms with Crippen LogP contribution >= 0.6 is 0 Å². The van der Waals surface area contributed by atoms with Gasteiger partial charge in [-0.2, -0.15) is 0 Å². The molecule has 2 saturated heterocycles. The van der Waals surface area contributed by atoms with E-state index < -0.39 is 0 Å². The minimum Gasteiger partial charge on any atom is -0.497 e. The number of benzene rings is 1. The molecular weight excluding hydrogens is 380 g/mol. The van der Waals surface area contributed by atoms with Gasteiger partial charge in [0, 0.05) is 58.2 Å². The highest BCUT2D eigenvalue weighted by Gasteiger charge is 2.49. The molecule has 2 aliphatic heterocycles. The van der Waals surface area contributed by atoms with E-state index in [9.17, 15) is 4.79 Å². The zero-order valence-corrected chi connectivity index (χ0v) is 18.5. The van der Waals surface area contributed by atoms with Gasteiger partial charge in [0.25, 0.3) is 0 Å². The Morgan fingerprint density at radius 3 is 2.57 bits per heavy atom. The van der Waals surface area contributed by atoms with Crippen molar-refractivity contribution in [3.05, 3.63) is 47.3 Å². The molecule has 2 fully saturated rings. The molecule has 0 spiro atoms. The molecule has 0 radical (unpaired) electrons. The molecule has 2 aliphatic rings. The fourth-order valence-electron chi connectivity index (χ4n) is 4.85. The Hall–Kier alpha value is -2.54. The van der Waals surface area contributed by atoms with Crippen LogP contribution in [0.5, 0.6) is 5.75 Å². The lowest BCUT2D eigenvalue weighted by Gasteiger charge is -2.31. The number of hydrogen-bond acceptors (Lipinski definition) is 5. The van der Waals surface area contributed by atoms with E-state index in [1.54, 1.807) is 12.0 Å². The van der Waals surface area contributed by atoms with Crippen molar-refractivity contribution in [2.45, 2.75) is 32.4 Å². The summed E-state index contributed by atoms with van der Waals surface area (Å²) in [6.45, 7) is 7.71. The van der Waals surface area contributed by atoms with E-state index in [1.807, 2.05) is 31.1 Å². The van der Waals surface area contributed by atoms with E-state index >= 15 is 0 Å². The number of carbonyl (C=O) groups excluding carboxylic acids is 1. The monoisotopic (exact) mass is 412 g/mol. The van der Waals surface area contributed by atoms with Crippen LogP contribution in [-0.2, 0) is 6.54 Å². The van der Waals surface area contributed by atoms with Crippen LogP contribution in [0.1, 0.15) is 42.8 Å². The topological polar surface area (TPSA) is 62.1 Å². The number of likely N-dealkylation sites (tertiary alicyclic amines) is 2. The molecule has 30 heavy (non-hydrogen) atoms. The van der Waals surface area contributed by atoms with Crippen LogP contribution in [0.15, 0.2) is 34.9 Å². The summed E-state index contributed by atoms with van der Waals surface area (Å²) in [5.41, 5.74) is 2.16. The lowest BCUT2D eigenvalue weighted by molar-refractivity contribution is 0.151. The van der Waals surface area contributed by atoms with Crippen molar-refractivity contribution in [1.29, 1.82) is 0 Å². The van der Waals surface area contributed by atoms with Gasteiger partial charge in [-0.3, -0.25) is 4.90 Å². The molecule has 162 valence electrons. The Morgan fingerprint density at radius 2 is 1.97 bits per heavy atom. The van der Waals surface area contributed by atoms with Crippen molar-refractivity contribution in [3.63, 3.8) is 0 Å². The van der Waals surface area contributed by atoms with Gasteiger partial charge < -0.3 is 19.1 Å². The van der Waals surface area contributed by atoms with E-state index in [0.29, 0.717) is 17.8 Å². The standard InChI is InChI=1S/C23H32N4O3/c1-15(2)21-10-18(24-30-21)13-26-11-17-12-27(23(28)25(3)4)22(20(17)14-26)16-6-8-19(29-5)9-7-16/h6-10,15,17,20,22H,11-14H2,1-5H3/t17-,20-,22+/m1/s1. The van der Waals surface area contributed by atoms with E-state index in [1.165, 1.54) is 5.56 Å². The van der Waals surface area contributed by atoms with Crippen molar-refractivity contribution in [2.75, 3.05) is 40.8 Å². The van der Waals surface area contributed by atoms with Crippen LogP contribution in [0.4, 0.5) is 4.79 Å². The molecule has 0 unspecified atom stereocenters. The number of methoxy groups -OCH3 is 1. The van der Waals surface area contributed by atoms with Gasteiger partial charge in [0.2, 0.25) is 0 Å². The van der Waals surface area contributed by atoms with Gasteiger partial charge in [-0.25, -0.2) is 4.79 Å². The molecule has 4 rings (SSSR count). The van der Waals surface area contributed by atoms with Crippen LogP contribution in [-0.4, -0.2) is 66.7 Å². The number of carbonyl (C=O) groups is 1. The Bertz CT molecular complexity index is 877. The number of hydrogen-bond donors (Lipinski definition) is 0. The maximum atomic E-state index is 12.9. The maximum Gasteiger partial charge on any atom is 0.320 e. The van der Waals surface area contributed by atoms with Gasteiger partial charge in [-0.05, 0) is 23.6 Å². The summed E-state index contributed by atoms with van der Waals surface area (Å²) in [6, 6.07) is 10.4. The van der Waals surface area contributed by atoms with Gasteiger partial charge in [0.05, 0.1) is 18.8 Å². The second kappa shape index (κ2) is 8.30. The highest BCUT2D eigenvalue weighted by Crippen LogP contribution is 2.45. The first-order valence-corrected chi connectivity index (χ1v) is 10.7. The summed E-state index contributed by atoms with van der Waals surface area (Å²) < 4.78 is 10.8. The highest BCUT2D eigenvalue weighted by atomic mass is 16.5. The summed E-state index contributed by atoms with van der Waals surface area (Å²) in [4.78, 5) is 19.1. The number of ether oxygens (including phenoxy) is 1. The minimum absolute atomic E-state index is 0.0735. The normalized spacial score (nSPS) is 23.8. The van der Waals surface area contributed by atoms with Crippen LogP contribution in [0.2, 0.25) is 0 Å². The predicted octanol–water partition coefficient (Wildman–Crippen LogP) is 3.59. The zero-order chi connectivity index (χ0) is 21.4. The average molecular weight is 413 g/mol. The fraction of sp³-hybridized carbons (Fsp3) is 0.565. The fourth-order valence-corrected chi connectivity index (χ4v) is 4.85. The molecule has 1 aromatic heterocycles. The number of rotatable bonds is 5. The molecule has 0 bridgehead atoms. The first-order chi connectivity index (χ1) is 14.4. The Morgan fingerprint density at radius 1 is 1.23 bits per heavy atom. The number of urea groups is 1. The summed E-state index contributed by atoms with van der Waals surface area (Å²) >= 11 is 0. The van der Waals surface area contributed by atoms with Crippen molar-refractivity contribution in [3.8, 4) is 5.75 Å². The summed E-state index contributed by atoms with van der Waals surface area (Å²) in [6.07, 6.45) is 0. The molecule has 2 amide bonds. The smallest absolute Gasteiger partial charge is 0.320 e. The highest BCUT2D eigenvalue weighted by molar-refractivity contribution is 5.75. The number of aromatic nitrogens is 1. The molecule has 7 heteroatoms. The summed E-state index contributed by atoms with van der Waals surface area (Å²) in [5.74, 6) is 2.97. The van der Waals surface area contributed by atoms with E-state index in [4.69, 9.17) is 9.26 Å². The zero-order valence-electron chi connectivity index (χ0n) is 18.5. The second-order valence-electron chi connectivity index (χ2n) is 9.04. The molecule has 0 N–H and O–H groups in total. The minimum atomic E-state index is 0.0735. The second-order valence-corrected chi connectivity index (χ2v) is 9.04. The average Bonchev–Trinajstić information content (AvgIpc) is 3.42. The first-order valence-electron chi connectivity index (χ1n) is 10.7. The first kappa shape index (κ1) is 20.7. The quantitative estimate of drug-likeness (QED) is 0.751. The molecule has 1 aromatic carbocycles. The lowest BCUT2D eigenvalue weighted by atomic mass is 9.89. The Balaban J connectivity index is 1.53. The molecule has 7 nitrogen and oxygen atoms in total. The van der Waals surface area contributed by atoms with Crippen LogP contribution in [0, 0.1) is 11.8 Å². The Kier molecular flexibility index (Phi) is 5.73. The SMILES string of the molecule is COc1ccc([C@H]2[C@@H]3CN(Cc4cc(C(C)C)on4)C[C@@H]3CN2C(=O)N(C)C)cc1. The summed E-state index contributed by atoms with van der Waals surface area (Å²) in [7, 11) is 5.32. The van der Waals surface area contributed by atoms with Crippen LogP contribution in [0.3, 0.4) is 0 Å². The van der Waals surface area contributed by atoms with Crippen molar-refractivity contribution < 1.29 is 14.1 Å². The molecule has 0 saturated carbocycles. The number of amides is 2. The van der Waals surface area contributed by atoms with Gasteiger partial charge in [0.15, 0.2) is 0 Å². The van der Waals surface area contributed by atoms with Crippen LogP contribution in [0.25, 0.3) is 0 Å². The van der Waals surface area contributed by atoms with Gasteiger partial charge >= 0.3 is 6.03 Å². The molecule has 2 aromatic rings. The molecule has 3 atom stereocenters. The van der Waals surface area contributed by atoms with E-state index in [2.05, 4.69) is 42.1 Å².